The Balaban J connectivity index is 1.66. The lowest BCUT2D eigenvalue weighted by Gasteiger charge is -2.39. The molecule has 1 amide bonds. The van der Waals surface area contributed by atoms with Gasteiger partial charge in [0.2, 0.25) is 5.91 Å². The number of hydrogen-bond donors (Lipinski definition) is 1. The van der Waals surface area contributed by atoms with Crippen molar-refractivity contribution in [1.82, 2.24) is 15.1 Å². The van der Waals surface area contributed by atoms with Crippen molar-refractivity contribution < 1.29 is 4.79 Å². The van der Waals surface area contributed by atoms with Crippen molar-refractivity contribution >= 4 is 5.91 Å². The number of nitrogens with zero attached hydrogens (tertiary/aromatic N) is 2. The molecule has 2 aromatic carbocycles. The minimum atomic E-state index is 0.0480. The highest BCUT2D eigenvalue weighted by Crippen LogP contribution is 2.29. The fourth-order valence-electron chi connectivity index (χ4n) is 3.52. The molecule has 132 valence electrons. The third-order valence-electron chi connectivity index (χ3n) is 4.80. The molecule has 25 heavy (non-hydrogen) atoms. The molecule has 0 radical (unpaired) electrons. The summed E-state index contributed by atoms with van der Waals surface area (Å²) in [5.74, 6) is 0.0480. The van der Waals surface area contributed by atoms with Crippen molar-refractivity contribution in [3.8, 4) is 0 Å². The van der Waals surface area contributed by atoms with Gasteiger partial charge in [-0.1, -0.05) is 60.7 Å². The standard InChI is InChI=1S/C21H27N3O/c1-18(25)22-12-13-23-14-16-24(17-15-23)21(19-8-4-2-5-9-19)20-10-6-3-7-11-20/h2-11,21H,12-17H2,1H3,(H,22,25). The van der Waals surface area contributed by atoms with Crippen LogP contribution in [-0.4, -0.2) is 55.0 Å². The zero-order valence-corrected chi connectivity index (χ0v) is 14.9. The molecule has 0 aromatic heterocycles. The summed E-state index contributed by atoms with van der Waals surface area (Å²) in [6.45, 7) is 7.38. The molecule has 3 rings (SSSR count). The van der Waals surface area contributed by atoms with Crippen LogP contribution < -0.4 is 5.32 Å². The average Bonchev–Trinajstić information content (AvgIpc) is 2.65. The van der Waals surface area contributed by atoms with Gasteiger partial charge in [-0.25, -0.2) is 0 Å². The second-order valence-corrected chi connectivity index (χ2v) is 6.58. The number of hydrogen-bond acceptors (Lipinski definition) is 3. The van der Waals surface area contributed by atoms with Crippen molar-refractivity contribution in [3.05, 3.63) is 71.8 Å². The van der Waals surface area contributed by atoms with Crippen LogP contribution >= 0.6 is 0 Å². The Kier molecular flexibility index (Phi) is 6.20. The Morgan fingerprint density at radius 2 is 1.44 bits per heavy atom. The Morgan fingerprint density at radius 1 is 0.920 bits per heavy atom. The van der Waals surface area contributed by atoms with E-state index in [0.717, 1.165) is 39.3 Å². The molecule has 0 unspecified atom stereocenters. The normalized spacial score (nSPS) is 16.1. The van der Waals surface area contributed by atoms with Crippen LogP contribution in [0.25, 0.3) is 0 Å². The molecule has 0 saturated carbocycles. The first-order valence-electron chi connectivity index (χ1n) is 9.05. The van der Waals surface area contributed by atoms with Crippen LogP contribution in [0.2, 0.25) is 0 Å². The molecule has 2 aromatic rings. The van der Waals surface area contributed by atoms with Crippen LogP contribution in [-0.2, 0) is 4.79 Å². The fraction of sp³-hybridized carbons (Fsp3) is 0.381. The third kappa shape index (κ3) is 4.91. The number of benzene rings is 2. The summed E-state index contributed by atoms with van der Waals surface area (Å²) in [5.41, 5.74) is 2.70. The smallest absolute Gasteiger partial charge is 0.216 e. The van der Waals surface area contributed by atoms with E-state index in [1.165, 1.54) is 11.1 Å². The largest absolute Gasteiger partial charge is 0.355 e. The van der Waals surface area contributed by atoms with Gasteiger partial charge in [0.25, 0.3) is 0 Å². The summed E-state index contributed by atoms with van der Waals surface area (Å²) < 4.78 is 0. The predicted molar refractivity (Wildman–Crippen MR) is 101 cm³/mol. The number of rotatable bonds is 6. The van der Waals surface area contributed by atoms with Gasteiger partial charge in [0.1, 0.15) is 0 Å². The first-order valence-corrected chi connectivity index (χ1v) is 9.05. The van der Waals surface area contributed by atoms with Crippen molar-refractivity contribution in [2.45, 2.75) is 13.0 Å². The number of carbonyl (C=O) groups is 1. The van der Waals surface area contributed by atoms with E-state index >= 15 is 0 Å². The van der Waals surface area contributed by atoms with Crippen LogP contribution in [0, 0.1) is 0 Å². The van der Waals surface area contributed by atoms with Gasteiger partial charge in [-0.3, -0.25) is 14.6 Å². The summed E-state index contributed by atoms with van der Waals surface area (Å²) in [6, 6.07) is 21.8. The molecule has 0 atom stereocenters. The molecule has 0 aliphatic carbocycles. The summed E-state index contributed by atoms with van der Waals surface area (Å²) >= 11 is 0. The molecule has 1 heterocycles. The van der Waals surface area contributed by atoms with Gasteiger partial charge in [0.15, 0.2) is 0 Å². The second kappa shape index (κ2) is 8.79. The monoisotopic (exact) mass is 337 g/mol. The first kappa shape index (κ1) is 17.6. The average molecular weight is 337 g/mol. The van der Waals surface area contributed by atoms with Crippen molar-refractivity contribution in [2.75, 3.05) is 39.3 Å². The maximum absolute atomic E-state index is 11.0. The van der Waals surface area contributed by atoms with E-state index in [9.17, 15) is 4.79 Å². The number of piperazine rings is 1. The van der Waals surface area contributed by atoms with Crippen molar-refractivity contribution in [3.63, 3.8) is 0 Å². The minimum absolute atomic E-state index is 0.0480. The molecule has 0 spiro atoms. The van der Waals surface area contributed by atoms with Gasteiger partial charge in [0, 0.05) is 46.2 Å². The summed E-state index contributed by atoms with van der Waals surface area (Å²) in [6.07, 6.45) is 0. The topological polar surface area (TPSA) is 35.6 Å². The lowest BCUT2D eigenvalue weighted by atomic mass is 9.96. The summed E-state index contributed by atoms with van der Waals surface area (Å²) in [4.78, 5) is 16.0. The van der Waals surface area contributed by atoms with Crippen LogP contribution in [0.15, 0.2) is 60.7 Å². The Morgan fingerprint density at radius 3 is 1.92 bits per heavy atom. The quantitative estimate of drug-likeness (QED) is 0.880. The lowest BCUT2D eigenvalue weighted by molar-refractivity contribution is -0.119. The maximum Gasteiger partial charge on any atom is 0.216 e. The fourth-order valence-corrected chi connectivity index (χ4v) is 3.52. The lowest BCUT2D eigenvalue weighted by Crippen LogP contribution is -2.49. The molecule has 1 aliphatic rings. The highest BCUT2D eigenvalue weighted by atomic mass is 16.1. The summed E-state index contributed by atoms with van der Waals surface area (Å²) in [7, 11) is 0. The highest BCUT2D eigenvalue weighted by molar-refractivity contribution is 5.72. The molecule has 1 N–H and O–H groups in total. The van der Waals surface area contributed by atoms with E-state index in [1.807, 2.05) is 0 Å². The van der Waals surface area contributed by atoms with Crippen LogP contribution in [0.3, 0.4) is 0 Å². The number of nitrogens with one attached hydrogen (secondary N) is 1. The highest BCUT2D eigenvalue weighted by Gasteiger charge is 2.26. The maximum atomic E-state index is 11.0. The van der Waals surface area contributed by atoms with Gasteiger partial charge in [-0.15, -0.1) is 0 Å². The van der Waals surface area contributed by atoms with E-state index in [0.29, 0.717) is 6.04 Å². The zero-order chi connectivity index (χ0) is 17.5. The van der Waals surface area contributed by atoms with Gasteiger partial charge in [-0.05, 0) is 11.1 Å². The van der Waals surface area contributed by atoms with E-state index in [4.69, 9.17) is 0 Å². The molecular formula is C21H27N3O. The number of amides is 1. The van der Waals surface area contributed by atoms with Gasteiger partial charge >= 0.3 is 0 Å². The van der Waals surface area contributed by atoms with E-state index in [-0.39, 0.29) is 5.91 Å². The Bertz CT molecular complexity index is 612. The van der Waals surface area contributed by atoms with Gasteiger partial charge < -0.3 is 5.32 Å². The van der Waals surface area contributed by atoms with E-state index < -0.39 is 0 Å². The second-order valence-electron chi connectivity index (χ2n) is 6.58. The van der Waals surface area contributed by atoms with E-state index in [1.54, 1.807) is 6.92 Å². The third-order valence-corrected chi connectivity index (χ3v) is 4.80. The molecule has 0 bridgehead atoms. The minimum Gasteiger partial charge on any atom is -0.355 e. The molecule has 4 nitrogen and oxygen atoms in total. The van der Waals surface area contributed by atoms with Gasteiger partial charge in [0.05, 0.1) is 6.04 Å². The van der Waals surface area contributed by atoms with Crippen LogP contribution in [0.5, 0.6) is 0 Å². The Labute approximate surface area is 150 Å². The SMILES string of the molecule is CC(=O)NCCN1CCN(C(c2ccccc2)c2ccccc2)CC1. The van der Waals surface area contributed by atoms with Gasteiger partial charge in [-0.2, -0.15) is 0 Å². The van der Waals surface area contributed by atoms with Crippen LogP contribution in [0.1, 0.15) is 24.1 Å². The molecule has 1 aliphatic heterocycles. The molecule has 4 heteroatoms. The van der Waals surface area contributed by atoms with E-state index in [2.05, 4.69) is 75.8 Å². The molecule has 1 saturated heterocycles. The summed E-state index contributed by atoms with van der Waals surface area (Å²) in [5, 5.41) is 2.88. The first-order chi connectivity index (χ1) is 12.2. The van der Waals surface area contributed by atoms with Crippen LogP contribution in [0.4, 0.5) is 0 Å². The predicted octanol–water partition coefficient (Wildman–Crippen LogP) is 2.53. The number of carbonyl (C=O) groups excluding carboxylic acids is 1. The van der Waals surface area contributed by atoms with Crippen molar-refractivity contribution in [2.24, 2.45) is 0 Å². The molecular weight excluding hydrogens is 310 g/mol. The Hall–Kier alpha value is -2.17. The molecule has 1 fully saturated rings. The zero-order valence-electron chi connectivity index (χ0n) is 14.9. The van der Waals surface area contributed by atoms with Crippen molar-refractivity contribution in [1.29, 1.82) is 0 Å².